The second-order valence-corrected chi connectivity index (χ2v) is 5.80. The van der Waals surface area contributed by atoms with Gasteiger partial charge < -0.3 is 15.5 Å². The van der Waals surface area contributed by atoms with Gasteiger partial charge >= 0.3 is 0 Å². The molecule has 0 radical (unpaired) electrons. The van der Waals surface area contributed by atoms with Crippen LogP contribution in [-0.4, -0.2) is 24.6 Å². The summed E-state index contributed by atoms with van der Waals surface area (Å²) in [7, 11) is 0. The zero-order valence-corrected chi connectivity index (χ0v) is 13.6. The number of nitrogens with one attached hydrogen (secondary N) is 1. The van der Waals surface area contributed by atoms with E-state index in [0.29, 0.717) is 29.3 Å². The molecular formula is C19H15FN4O2. The van der Waals surface area contributed by atoms with Crippen molar-refractivity contribution in [2.75, 3.05) is 5.32 Å². The van der Waals surface area contributed by atoms with Crippen molar-refractivity contribution in [3.05, 3.63) is 72.4 Å². The Kier molecular flexibility index (Phi) is 3.89. The van der Waals surface area contributed by atoms with Crippen molar-refractivity contribution in [2.45, 2.75) is 6.54 Å². The van der Waals surface area contributed by atoms with E-state index in [0.717, 1.165) is 5.56 Å². The summed E-state index contributed by atoms with van der Waals surface area (Å²) in [6.45, 7) is 0.466. The third-order valence-corrected chi connectivity index (χ3v) is 4.05. The minimum atomic E-state index is -0.283. The predicted molar refractivity (Wildman–Crippen MR) is 95.5 cm³/mol. The Hall–Kier alpha value is -3.61. The molecule has 0 aliphatic carbocycles. The van der Waals surface area contributed by atoms with E-state index in [1.807, 2.05) is 4.40 Å². The van der Waals surface area contributed by atoms with Gasteiger partial charge in [0.2, 0.25) is 0 Å². The lowest BCUT2D eigenvalue weighted by Crippen LogP contribution is -2.03. The summed E-state index contributed by atoms with van der Waals surface area (Å²) >= 11 is 0. The van der Waals surface area contributed by atoms with Crippen LogP contribution >= 0.6 is 0 Å². The molecule has 130 valence electrons. The quantitative estimate of drug-likeness (QED) is 0.490. The van der Waals surface area contributed by atoms with Gasteiger partial charge in [-0.25, -0.2) is 9.37 Å². The SMILES string of the molecule is Oc1ccc(-c2nc3cnccn3c2NCc2ccc(F)cc2)cc1O. The lowest BCUT2D eigenvalue weighted by atomic mass is 10.1. The van der Waals surface area contributed by atoms with Gasteiger partial charge in [-0.05, 0) is 35.9 Å². The van der Waals surface area contributed by atoms with E-state index < -0.39 is 0 Å². The molecule has 4 rings (SSSR count). The zero-order valence-electron chi connectivity index (χ0n) is 13.6. The maximum atomic E-state index is 13.1. The van der Waals surface area contributed by atoms with Gasteiger partial charge in [-0.3, -0.25) is 9.38 Å². The number of fused-ring (bicyclic) bond motifs is 1. The van der Waals surface area contributed by atoms with Gasteiger partial charge in [-0.2, -0.15) is 0 Å². The Morgan fingerprint density at radius 3 is 2.62 bits per heavy atom. The van der Waals surface area contributed by atoms with Crippen LogP contribution in [0.3, 0.4) is 0 Å². The number of halogens is 1. The van der Waals surface area contributed by atoms with E-state index in [4.69, 9.17) is 0 Å². The molecule has 2 aromatic carbocycles. The number of hydrogen-bond donors (Lipinski definition) is 3. The fourth-order valence-electron chi connectivity index (χ4n) is 2.74. The van der Waals surface area contributed by atoms with Crippen LogP contribution in [0, 0.1) is 5.82 Å². The number of anilines is 1. The van der Waals surface area contributed by atoms with Crippen molar-refractivity contribution < 1.29 is 14.6 Å². The fraction of sp³-hybridized carbons (Fsp3) is 0.0526. The minimum Gasteiger partial charge on any atom is -0.504 e. The minimum absolute atomic E-state index is 0.194. The number of phenolic OH excluding ortho intramolecular Hbond substituents is 2. The van der Waals surface area contributed by atoms with E-state index in [1.54, 1.807) is 36.8 Å². The topological polar surface area (TPSA) is 82.7 Å². The predicted octanol–water partition coefficient (Wildman–Crippen LogP) is 3.56. The molecule has 4 aromatic rings. The summed E-state index contributed by atoms with van der Waals surface area (Å²) in [5.41, 5.74) is 2.80. The van der Waals surface area contributed by atoms with Crippen LogP contribution in [0.15, 0.2) is 61.1 Å². The van der Waals surface area contributed by atoms with Crippen LogP contribution in [0.1, 0.15) is 5.56 Å². The first-order chi connectivity index (χ1) is 12.6. The molecule has 0 spiro atoms. The molecule has 0 aliphatic rings. The molecule has 0 fully saturated rings. The second kappa shape index (κ2) is 6.36. The first-order valence-electron chi connectivity index (χ1n) is 7.94. The van der Waals surface area contributed by atoms with Crippen LogP contribution in [0.2, 0.25) is 0 Å². The summed E-state index contributed by atoms with van der Waals surface area (Å²) in [4.78, 5) is 8.64. The highest BCUT2D eigenvalue weighted by molar-refractivity contribution is 5.77. The van der Waals surface area contributed by atoms with Gasteiger partial charge in [0.05, 0.1) is 6.20 Å². The number of nitrogens with zero attached hydrogens (tertiary/aromatic N) is 3. The number of hydrogen-bond acceptors (Lipinski definition) is 5. The molecule has 7 heteroatoms. The van der Waals surface area contributed by atoms with Gasteiger partial charge in [0.1, 0.15) is 17.3 Å². The molecule has 3 N–H and O–H groups in total. The first-order valence-corrected chi connectivity index (χ1v) is 7.94. The number of aromatic hydroxyl groups is 2. The van der Waals surface area contributed by atoms with E-state index in [9.17, 15) is 14.6 Å². The summed E-state index contributed by atoms with van der Waals surface area (Å²) in [6, 6.07) is 10.8. The van der Waals surface area contributed by atoms with Crippen molar-refractivity contribution in [3.63, 3.8) is 0 Å². The average Bonchev–Trinajstić information content (AvgIpc) is 3.02. The molecule has 0 aliphatic heterocycles. The molecule has 2 aromatic heterocycles. The second-order valence-electron chi connectivity index (χ2n) is 5.80. The van der Waals surface area contributed by atoms with Crippen molar-refractivity contribution in [2.24, 2.45) is 0 Å². The molecule has 26 heavy (non-hydrogen) atoms. The van der Waals surface area contributed by atoms with Crippen molar-refractivity contribution >= 4 is 11.5 Å². The monoisotopic (exact) mass is 350 g/mol. The van der Waals surface area contributed by atoms with Crippen molar-refractivity contribution in [1.29, 1.82) is 0 Å². The molecule has 0 amide bonds. The number of imidazole rings is 1. The molecule has 6 nitrogen and oxygen atoms in total. The van der Waals surface area contributed by atoms with Crippen LogP contribution in [0.5, 0.6) is 11.5 Å². The first kappa shape index (κ1) is 15.9. The lowest BCUT2D eigenvalue weighted by Gasteiger charge is -2.09. The Morgan fingerprint density at radius 1 is 1.04 bits per heavy atom. The van der Waals surface area contributed by atoms with E-state index in [2.05, 4.69) is 15.3 Å². The molecule has 2 heterocycles. The largest absolute Gasteiger partial charge is 0.504 e. The van der Waals surface area contributed by atoms with Gasteiger partial charge in [-0.1, -0.05) is 12.1 Å². The molecular weight excluding hydrogens is 335 g/mol. The maximum Gasteiger partial charge on any atom is 0.158 e. The third kappa shape index (κ3) is 2.90. The summed E-state index contributed by atoms with van der Waals surface area (Å²) in [5.74, 6) is 0.00821. The smallest absolute Gasteiger partial charge is 0.158 e. The average molecular weight is 350 g/mol. The normalized spacial score (nSPS) is 11.0. The van der Waals surface area contributed by atoms with E-state index >= 15 is 0 Å². The summed E-state index contributed by atoms with van der Waals surface area (Å²) in [5, 5.41) is 22.7. The van der Waals surface area contributed by atoms with E-state index in [1.165, 1.54) is 24.3 Å². The van der Waals surface area contributed by atoms with Crippen LogP contribution in [0.25, 0.3) is 16.9 Å². The van der Waals surface area contributed by atoms with Gasteiger partial charge in [0.25, 0.3) is 0 Å². The molecule has 0 saturated heterocycles. The number of aromatic nitrogens is 3. The maximum absolute atomic E-state index is 13.1. The van der Waals surface area contributed by atoms with Crippen molar-refractivity contribution in [1.82, 2.24) is 14.4 Å². The van der Waals surface area contributed by atoms with E-state index in [-0.39, 0.29) is 17.3 Å². The molecule has 0 saturated carbocycles. The van der Waals surface area contributed by atoms with Gasteiger partial charge in [0.15, 0.2) is 17.1 Å². The molecule has 0 unspecified atom stereocenters. The van der Waals surface area contributed by atoms with Crippen LogP contribution in [-0.2, 0) is 6.54 Å². The highest BCUT2D eigenvalue weighted by atomic mass is 19.1. The Morgan fingerprint density at radius 2 is 1.85 bits per heavy atom. The lowest BCUT2D eigenvalue weighted by molar-refractivity contribution is 0.404. The van der Waals surface area contributed by atoms with Gasteiger partial charge in [-0.15, -0.1) is 0 Å². The molecule has 0 bridgehead atoms. The Labute approximate surface area is 148 Å². The molecule has 0 atom stereocenters. The van der Waals surface area contributed by atoms with Crippen molar-refractivity contribution in [3.8, 4) is 22.8 Å². The zero-order chi connectivity index (χ0) is 18.1. The number of rotatable bonds is 4. The highest BCUT2D eigenvalue weighted by Crippen LogP contribution is 2.34. The number of phenols is 2. The summed E-state index contributed by atoms with van der Waals surface area (Å²) < 4.78 is 14.9. The van der Waals surface area contributed by atoms with Gasteiger partial charge in [0, 0.05) is 24.5 Å². The van der Waals surface area contributed by atoms with Crippen LogP contribution < -0.4 is 5.32 Å². The third-order valence-electron chi connectivity index (χ3n) is 4.05. The number of benzene rings is 2. The highest BCUT2D eigenvalue weighted by Gasteiger charge is 2.15. The Bertz CT molecular complexity index is 1080. The van der Waals surface area contributed by atoms with Crippen LogP contribution in [0.4, 0.5) is 10.2 Å². The fourth-order valence-corrected chi connectivity index (χ4v) is 2.74. The standard InChI is InChI=1S/C19H15FN4O2/c20-14-4-1-12(2-5-14)10-22-19-18(13-3-6-15(25)16(26)9-13)23-17-11-21-7-8-24(17)19/h1-9,11,22,25-26H,10H2. The Balaban J connectivity index is 1.76. The summed E-state index contributed by atoms with van der Waals surface area (Å²) in [6.07, 6.45) is 5.06.